The molecular weight excluding hydrogens is 378 g/mol. The maximum atomic E-state index is 12.5. The minimum absolute atomic E-state index is 0.0289. The van der Waals surface area contributed by atoms with Crippen molar-refractivity contribution in [1.29, 1.82) is 0 Å². The molecule has 1 amide bonds. The Bertz CT molecular complexity index is 754. The number of amides is 1. The Balaban J connectivity index is 1.42. The van der Waals surface area contributed by atoms with E-state index in [1.807, 2.05) is 6.92 Å². The van der Waals surface area contributed by atoms with Gasteiger partial charge in [-0.05, 0) is 32.1 Å². The van der Waals surface area contributed by atoms with Crippen LogP contribution in [0.1, 0.15) is 63.5 Å². The molecule has 1 saturated heterocycles. The van der Waals surface area contributed by atoms with Gasteiger partial charge in [-0.15, -0.1) is 10.2 Å². The van der Waals surface area contributed by atoms with E-state index in [4.69, 9.17) is 0 Å². The summed E-state index contributed by atoms with van der Waals surface area (Å²) < 4.78 is 28.3. The highest BCUT2D eigenvalue weighted by atomic mass is 32.2. The first-order chi connectivity index (χ1) is 13.5. The zero-order chi connectivity index (χ0) is 20.0. The monoisotopic (exact) mass is 411 g/mol. The zero-order valence-corrected chi connectivity index (χ0v) is 17.7. The van der Waals surface area contributed by atoms with Gasteiger partial charge in [0.05, 0.1) is 5.75 Å². The van der Waals surface area contributed by atoms with Crippen LogP contribution >= 0.6 is 0 Å². The number of carbonyl (C=O) groups is 1. The quantitative estimate of drug-likeness (QED) is 0.699. The molecule has 0 radical (unpaired) electrons. The molecule has 0 aliphatic carbocycles. The number of aromatic nitrogens is 3. The van der Waals surface area contributed by atoms with Crippen LogP contribution in [0.2, 0.25) is 0 Å². The molecule has 8 nitrogen and oxygen atoms in total. The molecule has 1 aromatic heterocycles. The van der Waals surface area contributed by atoms with Gasteiger partial charge in [-0.25, -0.2) is 12.7 Å². The van der Waals surface area contributed by atoms with E-state index in [1.54, 1.807) is 4.31 Å². The third-order valence-electron chi connectivity index (χ3n) is 5.81. The molecule has 158 valence electrons. The Morgan fingerprint density at radius 3 is 2.68 bits per heavy atom. The topological polar surface area (TPSA) is 97.2 Å². The summed E-state index contributed by atoms with van der Waals surface area (Å²) in [7, 11) is -3.17. The van der Waals surface area contributed by atoms with Gasteiger partial charge in [-0.1, -0.05) is 19.8 Å². The van der Waals surface area contributed by atoms with Crippen molar-refractivity contribution in [3.05, 3.63) is 11.6 Å². The summed E-state index contributed by atoms with van der Waals surface area (Å²) in [5.41, 5.74) is 0. The van der Waals surface area contributed by atoms with Crippen molar-refractivity contribution in [2.75, 3.05) is 25.4 Å². The highest BCUT2D eigenvalue weighted by Gasteiger charge is 2.30. The van der Waals surface area contributed by atoms with Crippen LogP contribution in [0.15, 0.2) is 0 Å². The van der Waals surface area contributed by atoms with E-state index in [0.29, 0.717) is 45.3 Å². The van der Waals surface area contributed by atoms with Gasteiger partial charge in [0.15, 0.2) is 0 Å². The molecule has 0 bridgehead atoms. The smallest absolute Gasteiger partial charge is 0.223 e. The van der Waals surface area contributed by atoms with E-state index in [9.17, 15) is 13.2 Å². The van der Waals surface area contributed by atoms with Gasteiger partial charge >= 0.3 is 0 Å². The average Bonchev–Trinajstić information content (AvgIpc) is 2.93. The van der Waals surface area contributed by atoms with E-state index >= 15 is 0 Å². The third-order valence-corrected chi connectivity index (χ3v) is 7.76. The van der Waals surface area contributed by atoms with Gasteiger partial charge in [-0.3, -0.25) is 4.79 Å². The maximum absolute atomic E-state index is 12.5. The second-order valence-corrected chi connectivity index (χ2v) is 9.97. The number of hydrogen-bond acceptors (Lipinski definition) is 5. The van der Waals surface area contributed by atoms with Gasteiger partial charge in [-0.2, -0.15) is 0 Å². The number of nitrogens with zero attached hydrogens (tertiary/aromatic N) is 4. The molecule has 0 saturated carbocycles. The molecule has 3 rings (SSSR count). The fourth-order valence-electron chi connectivity index (χ4n) is 4.02. The Morgan fingerprint density at radius 1 is 1.14 bits per heavy atom. The molecule has 0 aromatic carbocycles. The lowest BCUT2D eigenvalue weighted by Gasteiger charge is -2.30. The second-order valence-electron chi connectivity index (χ2n) is 7.88. The molecule has 3 heterocycles. The number of fused-ring (bicyclic) bond motifs is 1. The van der Waals surface area contributed by atoms with Crippen LogP contribution in [0, 0.1) is 5.92 Å². The van der Waals surface area contributed by atoms with Crippen LogP contribution in [0.5, 0.6) is 0 Å². The molecule has 2 aliphatic heterocycles. The van der Waals surface area contributed by atoms with Crippen molar-refractivity contribution in [3.63, 3.8) is 0 Å². The number of sulfonamides is 1. The normalized spacial score (nSPS) is 19.2. The molecule has 2 aliphatic rings. The Morgan fingerprint density at radius 2 is 1.93 bits per heavy atom. The Labute approximate surface area is 168 Å². The van der Waals surface area contributed by atoms with Crippen LogP contribution in [0.4, 0.5) is 0 Å². The lowest BCUT2D eigenvalue weighted by atomic mass is 9.97. The highest BCUT2D eigenvalue weighted by molar-refractivity contribution is 7.89. The van der Waals surface area contributed by atoms with Crippen LogP contribution in [-0.4, -0.2) is 58.8 Å². The molecule has 1 N–H and O–H groups in total. The van der Waals surface area contributed by atoms with Crippen molar-refractivity contribution >= 4 is 15.9 Å². The lowest BCUT2D eigenvalue weighted by molar-refractivity contribution is -0.126. The van der Waals surface area contributed by atoms with Crippen LogP contribution in [0.25, 0.3) is 0 Å². The van der Waals surface area contributed by atoms with E-state index in [2.05, 4.69) is 20.1 Å². The predicted molar refractivity (Wildman–Crippen MR) is 107 cm³/mol. The minimum atomic E-state index is -3.17. The van der Waals surface area contributed by atoms with Crippen molar-refractivity contribution in [3.8, 4) is 0 Å². The number of piperidine rings is 1. The number of nitrogens with one attached hydrogen (secondary N) is 1. The van der Waals surface area contributed by atoms with E-state index in [1.165, 1.54) is 12.8 Å². The zero-order valence-electron chi connectivity index (χ0n) is 16.9. The second kappa shape index (κ2) is 9.82. The van der Waals surface area contributed by atoms with Crippen LogP contribution in [-0.2, 0) is 34.2 Å². The van der Waals surface area contributed by atoms with Gasteiger partial charge in [0.2, 0.25) is 15.9 Å². The summed E-state index contributed by atoms with van der Waals surface area (Å²) in [5, 5.41) is 11.6. The molecule has 1 fully saturated rings. The highest BCUT2D eigenvalue weighted by Crippen LogP contribution is 2.21. The molecule has 1 aromatic rings. The first-order valence-electron chi connectivity index (χ1n) is 10.7. The van der Waals surface area contributed by atoms with Crippen molar-refractivity contribution < 1.29 is 13.2 Å². The predicted octanol–water partition coefficient (Wildman–Crippen LogP) is 1.51. The lowest BCUT2D eigenvalue weighted by Crippen LogP contribution is -2.44. The summed E-state index contributed by atoms with van der Waals surface area (Å²) in [6.07, 6.45) is 7.97. The fourth-order valence-corrected chi connectivity index (χ4v) is 5.70. The van der Waals surface area contributed by atoms with E-state index in [0.717, 1.165) is 37.5 Å². The molecule has 0 spiro atoms. The Hall–Kier alpha value is -1.48. The van der Waals surface area contributed by atoms with Crippen LogP contribution in [0.3, 0.4) is 0 Å². The van der Waals surface area contributed by atoms with Gasteiger partial charge < -0.3 is 9.88 Å². The Kier molecular flexibility index (Phi) is 7.45. The summed E-state index contributed by atoms with van der Waals surface area (Å²) in [5.74, 6) is 2.15. The molecule has 0 atom stereocenters. The molecule has 0 unspecified atom stereocenters. The summed E-state index contributed by atoms with van der Waals surface area (Å²) in [6, 6.07) is 0. The first-order valence-corrected chi connectivity index (χ1v) is 12.3. The number of hydrogen-bond donors (Lipinski definition) is 1. The largest absolute Gasteiger partial charge is 0.355 e. The number of unbranched alkanes of at least 4 members (excludes halogenated alkanes) is 1. The first kappa shape index (κ1) is 21.2. The summed E-state index contributed by atoms with van der Waals surface area (Å²) in [6.45, 7) is 4.40. The standard InChI is InChI=1S/C19H33N5O3S/c1-2-3-15-28(26,27)23-13-9-16(10-14-23)19(25)20-11-8-18-22-21-17-7-5-4-6-12-24(17)18/h16H,2-15H2,1H3,(H,20,25). The van der Waals surface area contributed by atoms with E-state index in [-0.39, 0.29) is 17.6 Å². The molecule has 9 heteroatoms. The number of aryl methyl sites for hydroxylation is 1. The molecule has 28 heavy (non-hydrogen) atoms. The third kappa shape index (κ3) is 5.31. The van der Waals surface area contributed by atoms with Crippen LogP contribution < -0.4 is 5.32 Å². The van der Waals surface area contributed by atoms with Gasteiger partial charge in [0.1, 0.15) is 11.6 Å². The van der Waals surface area contributed by atoms with Gasteiger partial charge in [0, 0.05) is 44.9 Å². The SMILES string of the molecule is CCCCS(=O)(=O)N1CCC(C(=O)NCCc2nnc3n2CCCCC3)CC1. The molecular formula is C19H33N5O3S. The number of carbonyl (C=O) groups excluding carboxylic acids is 1. The maximum Gasteiger partial charge on any atom is 0.223 e. The summed E-state index contributed by atoms with van der Waals surface area (Å²) >= 11 is 0. The van der Waals surface area contributed by atoms with Crippen molar-refractivity contribution in [2.24, 2.45) is 5.92 Å². The van der Waals surface area contributed by atoms with E-state index < -0.39 is 10.0 Å². The van der Waals surface area contributed by atoms with Gasteiger partial charge in [0.25, 0.3) is 0 Å². The number of rotatable bonds is 8. The fraction of sp³-hybridized carbons (Fsp3) is 0.842. The van der Waals surface area contributed by atoms with Crippen molar-refractivity contribution in [2.45, 2.75) is 71.3 Å². The average molecular weight is 412 g/mol. The minimum Gasteiger partial charge on any atom is -0.355 e. The summed E-state index contributed by atoms with van der Waals surface area (Å²) in [4.78, 5) is 12.5. The van der Waals surface area contributed by atoms with Crippen molar-refractivity contribution in [1.82, 2.24) is 24.4 Å².